The minimum absolute atomic E-state index is 0.0893. The van der Waals surface area contributed by atoms with Crippen LogP contribution in [0.5, 0.6) is 0 Å². The fourth-order valence-corrected chi connectivity index (χ4v) is 4.42. The summed E-state index contributed by atoms with van der Waals surface area (Å²) in [6, 6.07) is 12.0. The Kier molecular flexibility index (Phi) is 5.91. The van der Waals surface area contributed by atoms with Crippen molar-refractivity contribution >= 4 is 44.2 Å². The molecule has 0 spiro atoms. The van der Waals surface area contributed by atoms with E-state index in [2.05, 4.69) is 21.1 Å². The van der Waals surface area contributed by atoms with Gasteiger partial charge < -0.3 is 5.32 Å². The number of benzene rings is 2. The Morgan fingerprint density at radius 1 is 1.07 bits per heavy atom. The number of hydrogen-bond acceptors (Lipinski definition) is 5. The van der Waals surface area contributed by atoms with E-state index in [-0.39, 0.29) is 10.8 Å². The second-order valence-corrected chi connectivity index (χ2v) is 8.79. The van der Waals surface area contributed by atoms with Gasteiger partial charge in [0.2, 0.25) is 5.91 Å². The Morgan fingerprint density at radius 2 is 1.75 bits per heavy atom. The van der Waals surface area contributed by atoms with Crippen LogP contribution in [-0.4, -0.2) is 19.3 Å². The first-order valence-corrected chi connectivity index (χ1v) is 10.8. The number of hydrogen-bond donors (Lipinski definition) is 2. The van der Waals surface area contributed by atoms with E-state index in [4.69, 9.17) is 0 Å². The molecule has 1 heterocycles. The maximum Gasteiger partial charge on any atom is 0.263 e. The molecule has 0 saturated carbocycles. The van der Waals surface area contributed by atoms with Gasteiger partial charge in [0.25, 0.3) is 10.0 Å². The highest BCUT2D eigenvalue weighted by atomic mass is 32.2. The predicted molar refractivity (Wildman–Crippen MR) is 113 cm³/mol. The first-order chi connectivity index (χ1) is 13.3. The van der Waals surface area contributed by atoms with Gasteiger partial charge in [-0.1, -0.05) is 29.3 Å². The van der Waals surface area contributed by atoms with Crippen LogP contribution >= 0.6 is 11.3 Å². The number of rotatable bonds is 6. The van der Waals surface area contributed by atoms with Crippen molar-refractivity contribution in [2.24, 2.45) is 0 Å². The van der Waals surface area contributed by atoms with Crippen LogP contribution in [0.4, 0.5) is 10.8 Å². The number of sulfonamides is 1. The maximum absolute atomic E-state index is 12.3. The lowest BCUT2D eigenvalue weighted by Crippen LogP contribution is -2.13. The molecule has 0 aliphatic carbocycles. The monoisotopic (exact) mass is 413 g/mol. The molecular weight excluding hydrogens is 394 g/mol. The molecule has 0 saturated heterocycles. The Balaban J connectivity index is 1.65. The maximum atomic E-state index is 12.3. The summed E-state index contributed by atoms with van der Waals surface area (Å²) in [5.74, 6) is -0.296. The van der Waals surface area contributed by atoms with E-state index in [9.17, 15) is 13.2 Å². The third-order valence-electron chi connectivity index (χ3n) is 3.76. The number of anilines is 2. The number of carbonyl (C=O) groups excluding carboxylic acids is 1. The fourth-order valence-electron chi connectivity index (χ4n) is 2.63. The number of nitrogens with zero attached hydrogens (tertiary/aromatic N) is 1. The average molecular weight is 414 g/mol. The third-order valence-corrected chi connectivity index (χ3v) is 5.93. The van der Waals surface area contributed by atoms with E-state index in [0.717, 1.165) is 16.7 Å². The molecular formula is C20H19N3O3S2. The zero-order chi connectivity index (χ0) is 20.1. The first-order valence-electron chi connectivity index (χ1n) is 8.41. The number of aromatic nitrogens is 1. The summed E-state index contributed by atoms with van der Waals surface area (Å²) in [6.07, 6.45) is 4.71. The largest absolute Gasteiger partial charge is 0.323 e. The van der Waals surface area contributed by atoms with Gasteiger partial charge in [0.05, 0.1) is 4.90 Å². The van der Waals surface area contributed by atoms with Crippen molar-refractivity contribution < 1.29 is 13.2 Å². The molecule has 2 aromatic carbocycles. The van der Waals surface area contributed by atoms with Crippen molar-refractivity contribution in [1.82, 2.24) is 4.98 Å². The van der Waals surface area contributed by atoms with Crippen molar-refractivity contribution in [2.45, 2.75) is 18.7 Å². The number of aryl methyl sites for hydroxylation is 2. The summed E-state index contributed by atoms with van der Waals surface area (Å²) >= 11 is 1.20. The minimum atomic E-state index is -3.71. The Bertz CT molecular complexity index is 1080. The molecule has 0 fully saturated rings. The summed E-state index contributed by atoms with van der Waals surface area (Å²) in [4.78, 5) is 16.1. The highest BCUT2D eigenvalue weighted by molar-refractivity contribution is 7.93. The van der Waals surface area contributed by atoms with Gasteiger partial charge in [-0.2, -0.15) is 0 Å². The molecule has 0 unspecified atom stereocenters. The second-order valence-electron chi connectivity index (χ2n) is 6.21. The molecule has 28 heavy (non-hydrogen) atoms. The van der Waals surface area contributed by atoms with Gasteiger partial charge in [0, 0.05) is 23.3 Å². The zero-order valence-corrected chi connectivity index (χ0v) is 17.0. The summed E-state index contributed by atoms with van der Waals surface area (Å²) < 4.78 is 27.0. The summed E-state index contributed by atoms with van der Waals surface area (Å²) in [5, 5.41) is 4.70. The van der Waals surface area contributed by atoms with Crippen molar-refractivity contribution in [3.63, 3.8) is 0 Å². The standard InChI is InChI=1S/C20H19N3O3S2/c1-14-11-15(2)13-16(12-14)3-8-19(24)22-17-4-6-18(7-5-17)28(25,26)23-20-21-9-10-27-20/h3-13H,1-2H3,(H,21,23)(H,22,24)/b8-3+. The predicted octanol–water partition coefficient (Wildman–Crippen LogP) is 4.21. The van der Waals surface area contributed by atoms with Gasteiger partial charge in [-0.3, -0.25) is 9.52 Å². The van der Waals surface area contributed by atoms with Gasteiger partial charge in [0.1, 0.15) is 0 Å². The zero-order valence-electron chi connectivity index (χ0n) is 15.3. The van der Waals surface area contributed by atoms with Crippen LogP contribution in [0.15, 0.2) is 65.0 Å². The third kappa shape index (κ3) is 5.28. The highest BCUT2D eigenvalue weighted by Gasteiger charge is 2.15. The van der Waals surface area contributed by atoms with Crippen molar-refractivity contribution in [3.05, 3.63) is 76.8 Å². The van der Waals surface area contributed by atoms with Crippen LogP contribution in [0.2, 0.25) is 0 Å². The second kappa shape index (κ2) is 8.37. The van der Waals surface area contributed by atoms with Crippen LogP contribution in [0.1, 0.15) is 16.7 Å². The van der Waals surface area contributed by atoms with Crippen LogP contribution in [0.25, 0.3) is 6.08 Å². The molecule has 8 heteroatoms. The van der Waals surface area contributed by atoms with Crippen LogP contribution in [0, 0.1) is 13.8 Å². The van der Waals surface area contributed by atoms with Gasteiger partial charge in [0.15, 0.2) is 5.13 Å². The van der Waals surface area contributed by atoms with Crippen LogP contribution in [0.3, 0.4) is 0 Å². The summed E-state index contributed by atoms with van der Waals surface area (Å²) in [7, 11) is -3.71. The highest BCUT2D eigenvalue weighted by Crippen LogP contribution is 2.19. The molecule has 3 rings (SSSR count). The lowest BCUT2D eigenvalue weighted by atomic mass is 10.1. The van der Waals surface area contributed by atoms with Gasteiger partial charge in [-0.25, -0.2) is 13.4 Å². The summed E-state index contributed by atoms with van der Waals surface area (Å²) in [6.45, 7) is 4.01. The number of nitrogens with one attached hydrogen (secondary N) is 2. The van der Waals surface area contributed by atoms with Gasteiger partial charge in [-0.05, 0) is 49.8 Å². The number of carbonyl (C=O) groups is 1. The molecule has 144 valence electrons. The molecule has 2 N–H and O–H groups in total. The molecule has 0 radical (unpaired) electrons. The number of amides is 1. The Hall–Kier alpha value is -2.97. The van der Waals surface area contributed by atoms with E-state index >= 15 is 0 Å². The van der Waals surface area contributed by atoms with Gasteiger partial charge >= 0.3 is 0 Å². The van der Waals surface area contributed by atoms with E-state index in [1.54, 1.807) is 23.6 Å². The smallest absolute Gasteiger partial charge is 0.263 e. The SMILES string of the molecule is Cc1cc(C)cc(/C=C/C(=O)Nc2ccc(S(=O)(=O)Nc3nccs3)cc2)c1. The lowest BCUT2D eigenvalue weighted by molar-refractivity contribution is -0.111. The average Bonchev–Trinajstić information content (AvgIpc) is 3.12. The number of thiazole rings is 1. The quantitative estimate of drug-likeness (QED) is 0.593. The molecule has 1 amide bonds. The van der Waals surface area contributed by atoms with Gasteiger partial charge in [-0.15, -0.1) is 11.3 Å². The lowest BCUT2D eigenvalue weighted by Gasteiger charge is -2.07. The molecule has 0 aliphatic rings. The van der Waals surface area contributed by atoms with Crippen LogP contribution < -0.4 is 10.0 Å². The molecule has 3 aromatic rings. The van der Waals surface area contributed by atoms with E-state index in [1.807, 2.05) is 26.0 Å². The Labute approximate surface area is 168 Å². The molecule has 0 atom stereocenters. The van der Waals surface area contributed by atoms with Crippen LogP contribution in [-0.2, 0) is 14.8 Å². The summed E-state index contributed by atoms with van der Waals surface area (Å²) in [5.41, 5.74) is 3.71. The molecule has 1 aromatic heterocycles. The van der Waals surface area contributed by atoms with Crippen molar-refractivity contribution in [2.75, 3.05) is 10.0 Å². The fraction of sp³-hybridized carbons (Fsp3) is 0.100. The van der Waals surface area contributed by atoms with E-state index in [0.29, 0.717) is 10.8 Å². The van der Waals surface area contributed by atoms with E-state index in [1.165, 1.54) is 35.7 Å². The molecule has 0 bridgehead atoms. The van der Waals surface area contributed by atoms with E-state index < -0.39 is 10.0 Å². The van der Waals surface area contributed by atoms with Crippen molar-refractivity contribution in [3.8, 4) is 0 Å². The van der Waals surface area contributed by atoms with Crippen molar-refractivity contribution in [1.29, 1.82) is 0 Å². The topological polar surface area (TPSA) is 88.2 Å². The molecule has 6 nitrogen and oxygen atoms in total. The normalized spacial score (nSPS) is 11.5. The Morgan fingerprint density at radius 3 is 2.36 bits per heavy atom. The molecule has 0 aliphatic heterocycles. The first kappa shape index (κ1) is 19.8. The minimum Gasteiger partial charge on any atom is -0.323 e.